The molecule has 0 atom stereocenters. The van der Waals surface area contributed by atoms with E-state index in [0.29, 0.717) is 6.54 Å². The van der Waals surface area contributed by atoms with Gasteiger partial charge in [-0.25, -0.2) is 9.59 Å². The van der Waals surface area contributed by atoms with Gasteiger partial charge in [0.05, 0.1) is 6.54 Å². The van der Waals surface area contributed by atoms with E-state index in [1.165, 1.54) is 6.08 Å². The van der Waals surface area contributed by atoms with Crippen molar-refractivity contribution in [3.63, 3.8) is 0 Å². The molecule has 0 aliphatic rings. The summed E-state index contributed by atoms with van der Waals surface area (Å²) in [5.74, 6) is -0.981. The van der Waals surface area contributed by atoms with Gasteiger partial charge in [-0.05, 0) is 37.1 Å². The summed E-state index contributed by atoms with van der Waals surface area (Å²) in [7, 11) is 0. The second-order valence-electron chi connectivity index (χ2n) is 5.13. The zero-order valence-electron chi connectivity index (χ0n) is 12.1. The molecule has 5 heteroatoms. The number of carboxylic acids is 1. The highest BCUT2D eigenvalue weighted by molar-refractivity contribution is 5.85. The number of nitrogens with zero attached hydrogens (tertiary/aromatic N) is 2. The number of imidazole rings is 1. The Morgan fingerprint density at radius 3 is 2.71 bits per heavy atom. The fraction of sp³-hybridized carbons (Fsp3) is 0.250. The number of benzene rings is 1. The summed E-state index contributed by atoms with van der Waals surface area (Å²) in [4.78, 5) is 22.7. The van der Waals surface area contributed by atoms with E-state index in [9.17, 15) is 9.59 Å². The van der Waals surface area contributed by atoms with E-state index in [0.717, 1.165) is 17.2 Å². The normalized spacial score (nSPS) is 11.4. The Kier molecular flexibility index (Phi) is 4.42. The summed E-state index contributed by atoms with van der Waals surface area (Å²) in [6.45, 7) is 4.39. The lowest BCUT2D eigenvalue weighted by atomic mass is 10.1. The van der Waals surface area contributed by atoms with Gasteiger partial charge in [-0.2, -0.15) is 0 Å². The van der Waals surface area contributed by atoms with Crippen LogP contribution in [0.4, 0.5) is 0 Å². The minimum absolute atomic E-state index is 0.0449. The molecule has 0 fully saturated rings. The van der Waals surface area contributed by atoms with E-state index in [1.54, 1.807) is 21.5 Å². The molecular formula is C16H18N2O3. The minimum Gasteiger partial charge on any atom is -0.478 e. The molecule has 1 aromatic carbocycles. The number of carbonyl (C=O) groups is 1. The number of aromatic nitrogens is 2. The third-order valence-corrected chi connectivity index (χ3v) is 3.15. The smallest absolute Gasteiger partial charge is 0.328 e. The summed E-state index contributed by atoms with van der Waals surface area (Å²) in [5.41, 5.74) is 1.70. The highest BCUT2D eigenvalue weighted by atomic mass is 16.4. The van der Waals surface area contributed by atoms with Crippen LogP contribution in [0.5, 0.6) is 0 Å². The molecule has 5 nitrogen and oxygen atoms in total. The first-order chi connectivity index (χ1) is 9.97. The van der Waals surface area contributed by atoms with Crippen LogP contribution in [0.1, 0.15) is 31.0 Å². The maximum Gasteiger partial charge on any atom is 0.328 e. The molecule has 2 aromatic rings. The van der Waals surface area contributed by atoms with Crippen LogP contribution in [0.2, 0.25) is 0 Å². The summed E-state index contributed by atoms with van der Waals surface area (Å²) >= 11 is 0. The monoisotopic (exact) mass is 286 g/mol. The van der Waals surface area contributed by atoms with Gasteiger partial charge in [0.25, 0.3) is 0 Å². The molecule has 0 aliphatic heterocycles. The highest BCUT2D eigenvalue weighted by Crippen LogP contribution is 2.09. The summed E-state index contributed by atoms with van der Waals surface area (Å²) in [6.07, 6.45) is 6.18. The molecule has 2 rings (SSSR count). The van der Waals surface area contributed by atoms with E-state index in [-0.39, 0.29) is 11.7 Å². The van der Waals surface area contributed by atoms with Crippen molar-refractivity contribution >= 4 is 12.0 Å². The molecule has 0 radical (unpaired) electrons. The average Bonchev–Trinajstić information content (AvgIpc) is 2.78. The summed E-state index contributed by atoms with van der Waals surface area (Å²) < 4.78 is 3.31. The number of hydrogen-bond acceptors (Lipinski definition) is 2. The standard InChI is InChI=1S/C16H18N2O3/c1-12(2)18-9-8-17(16(18)21)11-14-5-3-4-13(10-14)6-7-15(19)20/h3-10,12H,11H2,1-2H3,(H,19,20)/b7-6+. The van der Waals surface area contributed by atoms with Crippen molar-refractivity contribution in [3.05, 3.63) is 64.3 Å². The fourth-order valence-corrected chi connectivity index (χ4v) is 2.10. The van der Waals surface area contributed by atoms with Crippen molar-refractivity contribution in [2.24, 2.45) is 0 Å². The fourth-order valence-electron chi connectivity index (χ4n) is 2.10. The van der Waals surface area contributed by atoms with E-state index in [2.05, 4.69) is 0 Å². The largest absolute Gasteiger partial charge is 0.478 e. The SMILES string of the molecule is CC(C)n1ccn(Cc2cccc(/C=C/C(=O)O)c2)c1=O. The Morgan fingerprint density at radius 1 is 1.33 bits per heavy atom. The van der Waals surface area contributed by atoms with Crippen LogP contribution >= 0.6 is 0 Å². The van der Waals surface area contributed by atoms with Gasteiger partial charge in [0.1, 0.15) is 0 Å². The van der Waals surface area contributed by atoms with Crippen molar-refractivity contribution in [1.29, 1.82) is 0 Å². The number of rotatable bonds is 5. The van der Waals surface area contributed by atoms with Crippen molar-refractivity contribution in [1.82, 2.24) is 9.13 Å². The Balaban J connectivity index is 2.22. The van der Waals surface area contributed by atoms with Crippen molar-refractivity contribution < 1.29 is 9.90 Å². The van der Waals surface area contributed by atoms with Gasteiger partial charge in [0, 0.05) is 24.5 Å². The Morgan fingerprint density at radius 2 is 2.10 bits per heavy atom. The quantitative estimate of drug-likeness (QED) is 0.858. The first-order valence-electron chi connectivity index (χ1n) is 6.74. The molecule has 1 heterocycles. The lowest BCUT2D eigenvalue weighted by Crippen LogP contribution is -2.25. The Labute approximate surface area is 122 Å². The third kappa shape index (κ3) is 3.72. The van der Waals surface area contributed by atoms with Crippen LogP contribution in [0.25, 0.3) is 6.08 Å². The number of hydrogen-bond donors (Lipinski definition) is 1. The molecule has 0 aliphatic carbocycles. The highest BCUT2D eigenvalue weighted by Gasteiger charge is 2.06. The molecule has 0 saturated heterocycles. The third-order valence-electron chi connectivity index (χ3n) is 3.15. The molecule has 1 N–H and O–H groups in total. The van der Waals surface area contributed by atoms with E-state index in [4.69, 9.17) is 5.11 Å². The van der Waals surface area contributed by atoms with Gasteiger partial charge in [-0.1, -0.05) is 18.2 Å². The second kappa shape index (κ2) is 6.26. The minimum atomic E-state index is -0.981. The molecular weight excluding hydrogens is 268 g/mol. The second-order valence-corrected chi connectivity index (χ2v) is 5.13. The Hall–Kier alpha value is -2.56. The number of aliphatic carboxylic acids is 1. The van der Waals surface area contributed by atoms with Crippen LogP contribution in [-0.2, 0) is 11.3 Å². The average molecular weight is 286 g/mol. The van der Waals surface area contributed by atoms with Gasteiger partial charge < -0.3 is 5.11 Å². The maximum atomic E-state index is 12.1. The first-order valence-corrected chi connectivity index (χ1v) is 6.74. The Bertz CT molecular complexity index is 723. The van der Waals surface area contributed by atoms with E-state index >= 15 is 0 Å². The van der Waals surface area contributed by atoms with E-state index < -0.39 is 5.97 Å². The maximum absolute atomic E-state index is 12.1. The number of carboxylic acid groups (broad SMARTS) is 1. The van der Waals surface area contributed by atoms with Crippen LogP contribution < -0.4 is 5.69 Å². The molecule has 110 valence electrons. The van der Waals surface area contributed by atoms with Gasteiger partial charge >= 0.3 is 11.7 Å². The van der Waals surface area contributed by atoms with Crippen LogP contribution in [-0.4, -0.2) is 20.2 Å². The molecule has 0 bridgehead atoms. The molecule has 0 saturated carbocycles. The summed E-state index contributed by atoms with van der Waals surface area (Å²) in [5, 5.41) is 8.64. The van der Waals surface area contributed by atoms with E-state index in [1.807, 2.05) is 38.1 Å². The lowest BCUT2D eigenvalue weighted by Gasteiger charge is -2.06. The molecule has 0 spiro atoms. The topological polar surface area (TPSA) is 64.2 Å². The zero-order valence-corrected chi connectivity index (χ0v) is 12.1. The molecule has 0 unspecified atom stereocenters. The molecule has 0 amide bonds. The van der Waals surface area contributed by atoms with Gasteiger partial charge in [-0.3, -0.25) is 9.13 Å². The lowest BCUT2D eigenvalue weighted by molar-refractivity contribution is -0.131. The van der Waals surface area contributed by atoms with Gasteiger partial charge in [-0.15, -0.1) is 0 Å². The first kappa shape index (κ1) is 14.8. The van der Waals surface area contributed by atoms with Crippen LogP contribution in [0, 0.1) is 0 Å². The van der Waals surface area contributed by atoms with Gasteiger partial charge in [0.15, 0.2) is 0 Å². The predicted molar refractivity (Wildman–Crippen MR) is 81.3 cm³/mol. The van der Waals surface area contributed by atoms with Crippen molar-refractivity contribution in [3.8, 4) is 0 Å². The van der Waals surface area contributed by atoms with Crippen LogP contribution in [0.15, 0.2) is 47.5 Å². The predicted octanol–water partition coefficient (Wildman–Crippen LogP) is 2.38. The molecule has 1 aromatic heterocycles. The zero-order chi connectivity index (χ0) is 15.4. The van der Waals surface area contributed by atoms with Crippen molar-refractivity contribution in [2.45, 2.75) is 26.4 Å². The summed E-state index contributed by atoms with van der Waals surface area (Å²) in [6, 6.07) is 7.59. The van der Waals surface area contributed by atoms with Gasteiger partial charge in [0.2, 0.25) is 0 Å². The van der Waals surface area contributed by atoms with Crippen molar-refractivity contribution in [2.75, 3.05) is 0 Å². The molecule has 21 heavy (non-hydrogen) atoms. The van der Waals surface area contributed by atoms with Crippen LogP contribution in [0.3, 0.4) is 0 Å².